The van der Waals surface area contributed by atoms with E-state index in [9.17, 15) is 13.6 Å². The van der Waals surface area contributed by atoms with E-state index in [1.807, 2.05) is 13.8 Å². The van der Waals surface area contributed by atoms with Gasteiger partial charge < -0.3 is 15.4 Å². The summed E-state index contributed by atoms with van der Waals surface area (Å²) in [5, 5.41) is 6.58. The molecule has 0 heterocycles. The van der Waals surface area contributed by atoms with Crippen LogP contribution in [0, 0.1) is 17.6 Å². The summed E-state index contributed by atoms with van der Waals surface area (Å²) in [5.41, 5.74) is 0.450. The molecule has 0 atom stereocenters. The average molecular weight is 381 g/mol. The molecular formula is C20H29F2N3O2. The molecule has 0 aromatic heterocycles. The lowest BCUT2D eigenvalue weighted by Gasteiger charge is -2.29. The van der Waals surface area contributed by atoms with Crippen molar-refractivity contribution in [1.29, 1.82) is 0 Å². The van der Waals surface area contributed by atoms with Gasteiger partial charge in [0.15, 0.2) is 5.96 Å². The van der Waals surface area contributed by atoms with Crippen LogP contribution in [0.3, 0.4) is 0 Å². The largest absolute Gasteiger partial charge is 0.466 e. The first-order valence-corrected chi connectivity index (χ1v) is 9.68. The van der Waals surface area contributed by atoms with E-state index in [4.69, 9.17) is 4.74 Å². The van der Waals surface area contributed by atoms with Crippen molar-refractivity contribution in [1.82, 2.24) is 10.6 Å². The molecule has 2 N–H and O–H groups in total. The van der Waals surface area contributed by atoms with Crippen LogP contribution in [0.2, 0.25) is 0 Å². The molecule has 150 valence electrons. The Morgan fingerprint density at radius 3 is 2.59 bits per heavy atom. The van der Waals surface area contributed by atoms with Crippen LogP contribution >= 0.6 is 0 Å². The van der Waals surface area contributed by atoms with Crippen LogP contribution in [0.4, 0.5) is 8.78 Å². The normalized spacial score (nSPS) is 20.2. The number of carbonyl (C=O) groups excluding carboxylic acids is 1. The molecule has 2 rings (SSSR count). The SMILES string of the molecule is CCNC(=NCCc1ccc(F)cc1F)NC1CCC(C(=O)OCC)CC1. The number of aliphatic imine (C=N–C) groups is 1. The van der Waals surface area contributed by atoms with Crippen LogP contribution in [-0.4, -0.2) is 37.7 Å². The van der Waals surface area contributed by atoms with Gasteiger partial charge in [0.05, 0.1) is 12.5 Å². The Morgan fingerprint density at radius 1 is 1.22 bits per heavy atom. The molecule has 1 saturated carbocycles. The second kappa shape index (κ2) is 10.8. The van der Waals surface area contributed by atoms with Gasteiger partial charge in [-0.25, -0.2) is 8.78 Å². The number of nitrogens with one attached hydrogen (secondary N) is 2. The fraction of sp³-hybridized carbons (Fsp3) is 0.600. The van der Waals surface area contributed by atoms with Crippen molar-refractivity contribution in [3.63, 3.8) is 0 Å². The number of nitrogens with zero attached hydrogens (tertiary/aromatic N) is 1. The summed E-state index contributed by atoms with van der Waals surface area (Å²) >= 11 is 0. The highest BCUT2D eigenvalue weighted by Gasteiger charge is 2.27. The average Bonchev–Trinajstić information content (AvgIpc) is 2.64. The van der Waals surface area contributed by atoms with Crippen molar-refractivity contribution in [2.24, 2.45) is 10.9 Å². The van der Waals surface area contributed by atoms with Gasteiger partial charge in [0, 0.05) is 25.2 Å². The first-order chi connectivity index (χ1) is 13.0. The molecule has 1 fully saturated rings. The third kappa shape index (κ3) is 6.81. The third-order valence-corrected chi connectivity index (χ3v) is 4.70. The van der Waals surface area contributed by atoms with Gasteiger partial charge in [0.1, 0.15) is 11.6 Å². The molecule has 7 heteroatoms. The number of guanidine groups is 1. The van der Waals surface area contributed by atoms with Crippen LogP contribution in [0.25, 0.3) is 0 Å². The molecule has 1 aliphatic carbocycles. The third-order valence-electron chi connectivity index (χ3n) is 4.70. The van der Waals surface area contributed by atoms with Gasteiger partial charge >= 0.3 is 5.97 Å². The standard InChI is InChI=1S/C20H29F2N3O2/c1-3-23-20(24-12-11-14-5-8-16(21)13-18(14)22)25-17-9-6-15(7-10-17)19(26)27-4-2/h5,8,13,15,17H,3-4,6-7,9-12H2,1-2H3,(H2,23,24,25). The van der Waals surface area contributed by atoms with Gasteiger partial charge in [-0.1, -0.05) is 6.07 Å². The number of hydrogen-bond donors (Lipinski definition) is 2. The molecule has 0 spiro atoms. The summed E-state index contributed by atoms with van der Waals surface area (Å²) in [6.07, 6.45) is 3.76. The zero-order valence-electron chi connectivity index (χ0n) is 16.1. The van der Waals surface area contributed by atoms with E-state index in [-0.39, 0.29) is 17.9 Å². The molecule has 0 radical (unpaired) electrons. The Hall–Kier alpha value is -2.18. The molecule has 5 nitrogen and oxygen atoms in total. The second-order valence-corrected chi connectivity index (χ2v) is 6.69. The summed E-state index contributed by atoms with van der Waals surface area (Å²) in [4.78, 5) is 16.3. The highest BCUT2D eigenvalue weighted by Crippen LogP contribution is 2.25. The first kappa shape index (κ1) is 21.1. The molecule has 0 unspecified atom stereocenters. The van der Waals surface area contributed by atoms with Crippen molar-refractivity contribution < 1.29 is 18.3 Å². The number of carbonyl (C=O) groups is 1. The van der Waals surface area contributed by atoms with Crippen molar-refractivity contribution >= 4 is 11.9 Å². The smallest absolute Gasteiger partial charge is 0.308 e. The fourth-order valence-electron chi connectivity index (χ4n) is 3.26. The molecule has 1 aromatic rings. The van der Waals surface area contributed by atoms with Crippen molar-refractivity contribution in [3.05, 3.63) is 35.4 Å². The minimum absolute atomic E-state index is 0.0102. The van der Waals surface area contributed by atoms with Crippen molar-refractivity contribution in [3.8, 4) is 0 Å². The number of benzene rings is 1. The zero-order chi connectivity index (χ0) is 19.6. The summed E-state index contributed by atoms with van der Waals surface area (Å²) in [6, 6.07) is 3.85. The van der Waals surface area contributed by atoms with E-state index < -0.39 is 11.6 Å². The lowest BCUT2D eigenvalue weighted by molar-refractivity contribution is -0.149. The Bertz CT molecular complexity index is 644. The first-order valence-electron chi connectivity index (χ1n) is 9.68. The maximum absolute atomic E-state index is 13.7. The molecule has 27 heavy (non-hydrogen) atoms. The van der Waals surface area contributed by atoms with Gasteiger partial charge in [-0.15, -0.1) is 0 Å². The van der Waals surface area contributed by atoms with E-state index in [1.165, 1.54) is 12.1 Å². The highest BCUT2D eigenvalue weighted by molar-refractivity contribution is 5.80. The van der Waals surface area contributed by atoms with Crippen LogP contribution in [-0.2, 0) is 16.0 Å². The Labute approximate surface area is 159 Å². The predicted molar refractivity (Wildman–Crippen MR) is 102 cm³/mol. The van der Waals surface area contributed by atoms with E-state index in [0.717, 1.165) is 38.3 Å². The van der Waals surface area contributed by atoms with Gasteiger partial charge in [0.2, 0.25) is 0 Å². The molecule has 0 bridgehead atoms. The Balaban J connectivity index is 1.84. The quantitative estimate of drug-likeness (QED) is 0.433. The summed E-state index contributed by atoms with van der Waals surface area (Å²) in [6.45, 7) is 5.34. The number of halogens is 2. The van der Waals surface area contributed by atoms with Gasteiger partial charge in [-0.05, 0) is 57.6 Å². The summed E-state index contributed by atoms with van der Waals surface area (Å²) in [7, 11) is 0. The Morgan fingerprint density at radius 2 is 1.96 bits per heavy atom. The van der Waals surface area contributed by atoms with E-state index in [2.05, 4.69) is 15.6 Å². The molecule has 1 aliphatic rings. The highest BCUT2D eigenvalue weighted by atomic mass is 19.1. The maximum Gasteiger partial charge on any atom is 0.308 e. The van der Waals surface area contributed by atoms with E-state index in [0.29, 0.717) is 31.1 Å². The zero-order valence-corrected chi connectivity index (χ0v) is 16.1. The van der Waals surface area contributed by atoms with E-state index >= 15 is 0 Å². The summed E-state index contributed by atoms with van der Waals surface area (Å²) in [5.74, 6) is -0.546. The second-order valence-electron chi connectivity index (χ2n) is 6.69. The lowest BCUT2D eigenvalue weighted by atomic mass is 9.86. The molecule has 0 amide bonds. The number of rotatable bonds is 7. The molecule has 0 saturated heterocycles. The monoisotopic (exact) mass is 381 g/mol. The number of esters is 1. The van der Waals surface area contributed by atoms with Gasteiger partial charge in [-0.3, -0.25) is 9.79 Å². The molecule has 0 aliphatic heterocycles. The molecular weight excluding hydrogens is 352 g/mol. The maximum atomic E-state index is 13.7. The minimum atomic E-state index is -0.576. The van der Waals surface area contributed by atoms with Crippen molar-refractivity contribution in [2.45, 2.75) is 52.0 Å². The molecule has 1 aromatic carbocycles. The lowest BCUT2D eigenvalue weighted by Crippen LogP contribution is -2.45. The Kier molecular flexibility index (Phi) is 8.48. The number of ether oxygens (including phenoxy) is 1. The fourth-order valence-corrected chi connectivity index (χ4v) is 3.26. The topological polar surface area (TPSA) is 62.7 Å². The number of hydrogen-bond acceptors (Lipinski definition) is 3. The van der Waals surface area contributed by atoms with Crippen LogP contribution in [0.15, 0.2) is 23.2 Å². The van der Waals surface area contributed by atoms with E-state index in [1.54, 1.807) is 0 Å². The van der Waals surface area contributed by atoms with Crippen molar-refractivity contribution in [2.75, 3.05) is 19.7 Å². The predicted octanol–water partition coefficient (Wildman–Crippen LogP) is 3.18. The summed E-state index contributed by atoms with van der Waals surface area (Å²) < 4.78 is 31.8. The van der Waals surface area contributed by atoms with Crippen LogP contribution in [0.1, 0.15) is 45.1 Å². The van der Waals surface area contributed by atoms with Crippen LogP contribution < -0.4 is 10.6 Å². The minimum Gasteiger partial charge on any atom is -0.466 e. The van der Waals surface area contributed by atoms with Gasteiger partial charge in [-0.2, -0.15) is 0 Å². The van der Waals surface area contributed by atoms with Crippen LogP contribution in [0.5, 0.6) is 0 Å². The van der Waals surface area contributed by atoms with Gasteiger partial charge in [0.25, 0.3) is 0 Å².